The van der Waals surface area contributed by atoms with Gasteiger partial charge in [0.2, 0.25) is 6.08 Å². The first-order valence-electron chi connectivity index (χ1n) is 4.61. The lowest BCUT2D eigenvalue weighted by molar-refractivity contribution is 0.565. The van der Waals surface area contributed by atoms with E-state index >= 15 is 0 Å². The van der Waals surface area contributed by atoms with Crippen molar-refractivity contribution in [2.75, 3.05) is 0 Å². The molecule has 0 unspecified atom stereocenters. The summed E-state index contributed by atoms with van der Waals surface area (Å²) >= 11 is 6.06. The van der Waals surface area contributed by atoms with Crippen molar-refractivity contribution in [2.45, 2.75) is 6.92 Å². The number of aromatic nitrogens is 2. The van der Waals surface area contributed by atoms with Crippen LogP contribution >= 0.6 is 11.6 Å². The summed E-state index contributed by atoms with van der Waals surface area (Å²) in [5, 5.41) is 4.73. The van der Waals surface area contributed by atoms with Crippen LogP contribution in [0, 0.1) is 6.92 Å². The highest BCUT2D eigenvalue weighted by molar-refractivity contribution is 6.32. The van der Waals surface area contributed by atoms with Gasteiger partial charge in [-0.1, -0.05) is 11.6 Å². The third-order valence-electron chi connectivity index (χ3n) is 2.08. The Balaban J connectivity index is 2.47. The van der Waals surface area contributed by atoms with E-state index in [0.29, 0.717) is 10.7 Å². The van der Waals surface area contributed by atoms with Crippen LogP contribution in [0.5, 0.6) is 0 Å². The lowest BCUT2D eigenvalue weighted by atomic mass is 10.3. The van der Waals surface area contributed by atoms with Crippen molar-refractivity contribution in [3.8, 4) is 5.69 Å². The molecule has 0 fully saturated rings. The zero-order valence-corrected chi connectivity index (χ0v) is 9.27. The Morgan fingerprint density at radius 1 is 1.44 bits per heavy atom. The molecule has 1 aromatic heterocycles. The monoisotopic (exact) mass is 233 g/mol. The van der Waals surface area contributed by atoms with E-state index in [1.807, 2.05) is 19.2 Å². The van der Waals surface area contributed by atoms with Gasteiger partial charge in [-0.05, 0) is 31.2 Å². The van der Waals surface area contributed by atoms with Crippen molar-refractivity contribution in [1.29, 1.82) is 0 Å². The largest absolute Gasteiger partial charge is 0.240 e. The van der Waals surface area contributed by atoms with E-state index in [4.69, 9.17) is 11.6 Å². The van der Waals surface area contributed by atoms with Gasteiger partial charge in [0.05, 0.1) is 22.1 Å². The number of isocyanates is 1. The molecule has 1 heterocycles. The topological polar surface area (TPSA) is 47.2 Å². The third kappa shape index (κ3) is 2.03. The Labute approximate surface area is 97.2 Å². The fourth-order valence-electron chi connectivity index (χ4n) is 1.35. The molecule has 2 rings (SSSR count). The van der Waals surface area contributed by atoms with Gasteiger partial charge in [0.15, 0.2) is 0 Å². The predicted molar refractivity (Wildman–Crippen MR) is 61.1 cm³/mol. The third-order valence-corrected chi connectivity index (χ3v) is 2.38. The smallest absolute Gasteiger partial charge is 0.239 e. The van der Waals surface area contributed by atoms with Gasteiger partial charge in [0.1, 0.15) is 0 Å². The first-order valence-corrected chi connectivity index (χ1v) is 4.98. The van der Waals surface area contributed by atoms with Gasteiger partial charge in [0.25, 0.3) is 0 Å². The van der Waals surface area contributed by atoms with Gasteiger partial charge < -0.3 is 0 Å². The van der Waals surface area contributed by atoms with Crippen LogP contribution in [0.25, 0.3) is 5.69 Å². The Kier molecular flexibility index (Phi) is 2.86. The lowest BCUT2D eigenvalue weighted by Crippen LogP contribution is -1.95. The highest BCUT2D eigenvalue weighted by Gasteiger charge is 2.04. The molecule has 0 aliphatic carbocycles. The van der Waals surface area contributed by atoms with Crippen LogP contribution < -0.4 is 0 Å². The number of benzene rings is 1. The SMILES string of the molecule is Cc1ccn(-c2ccc(N=C=O)cc2Cl)n1. The van der Waals surface area contributed by atoms with Gasteiger partial charge >= 0.3 is 0 Å². The average Bonchev–Trinajstić information content (AvgIpc) is 2.65. The van der Waals surface area contributed by atoms with Crippen LogP contribution in [0.3, 0.4) is 0 Å². The van der Waals surface area contributed by atoms with Gasteiger partial charge in [0, 0.05) is 6.20 Å². The summed E-state index contributed by atoms with van der Waals surface area (Å²) in [5.41, 5.74) is 2.14. The van der Waals surface area contributed by atoms with Crippen LogP contribution in [0.2, 0.25) is 5.02 Å². The molecule has 80 valence electrons. The number of aryl methyl sites for hydroxylation is 1. The van der Waals surface area contributed by atoms with Crippen molar-refractivity contribution in [1.82, 2.24) is 9.78 Å². The van der Waals surface area contributed by atoms with Crippen molar-refractivity contribution in [3.63, 3.8) is 0 Å². The van der Waals surface area contributed by atoms with E-state index in [0.717, 1.165) is 11.4 Å². The minimum Gasteiger partial charge on any atom is -0.239 e. The summed E-state index contributed by atoms with van der Waals surface area (Å²) in [6, 6.07) is 6.92. The first-order chi connectivity index (χ1) is 7.70. The van der Waals surface area contributed by atoms with E-state index in [-0.39, 0.29) is 0 Å². The molecule has 4 nitrogen and oxygen atoms in total. The summed E-state index contributed by atoms with van der Waals surface area (Å²) in [6.07, 6.45) is 3.29. The second-order valence-electron chi connectivity index (χ2n) is 3.24. The zero-order chi connectivity index (χ0) is 11.5. The maximum absolute atomic E-state index is 10.1. The van der Waals surface area contributed by atoms with Gasteiger partial charge in [-0.15, -0.1) is 0 Å². The van der Waals surface area contributed by atoms with Crippen LogP contribution in [0.1, 0.15) is 5.69 Å². The number of rotatable bonds is 2. The number of hydrogen-bond acceptors (Lipinski definition) is 3. The molecule has 5 heteroatoms. The quantitative estimate of drug-likeness (QED) is 0.592. The molecule has 0 saturated heterocycles. The molecule has 2 aromatic rings. The van der Waals surface area contributed by atoms with E-state index in [2.05, 4.69) is 10.1 Å². The summed E-state index contributed by atoms with van der Waals surface area (Å²) in [4.78, 5) is 13.6. The van der Waals surface area contributed by atoms with Crippen LogP contribution in [-0.2, 0) is 4.79 Å². The lowest BCUT2D eigenvalue weighted by Gasteiger charge is -2.04. The molecule has 16 heavy (non-hydrogen) atoms. The van der Waals surface area contributed by atoms with Crippen LogP contribution in [0.15, 0.2) is 35.5 Å². The second-order valence-corrected chi connectivity index (χ2v) is 3.65. The molecule has 1 aromatic carbocycles. The normalized spacial score (nSPS) is 9.88. The maximum Gasteiger partial charge on any atom is 0.240 e. The zero-order valence-electron chi connectivity index (χ0n) is 8.51. The molecule has 0 aliphatic rings. The highest BCUT2D eigenvalue weighted by Crippen LogP contribution is 2.25. The van der Waals surface area contributed by atoms with Crippen molar-refractivity contribution >= 4 is 23.4 Å². The molecule has 0 N–H and O–H groups in total. The molecule has 0 saturated carbocycles. The molecular weight excluding hydrogens is 226 g/mol. The fourth-order valence-corrected chi connectivity index (χ4v) is 1.61. The van der Waals surface area contributed by atoms with E-state index in [1.54, 1.807) is 22.9 Å². The minimum atomic E-state index is 0.479. The molecular formula is C11H8ClN3O. The molecule has 0 aliphatic heterocycles. The van der Waals surface area contributed by atoms with E-state index in [9.17, 15) is 4.79 Å². The van der Waals surface area contributed by atoms with Crippen molar-refractivity contribution in [2.24, 2.45) is 4.99 Å². The standard InChI is InChI=1S/C11H8ClN3O/c1-8-4-5-15(14-8)11-3-2-9(13-7-16)6-10(11)12/h2-6H,1H3. The van der Waals surface area contributed by atoms with Crippen molar-refractivity contribution < 1.29 is 4.79 Å². The molecule has 0 spiro atoms. The summed E-state index contributed by atoms with van der Waals surface area (Å²) < 4.78 is 1.67. The maximum atomic E-state index is 10.1. The van der Waals surface area contributed by atoms with Crippen molar-refractivity contribution in [3.05, 3.63) is 41.2 Å². The number of halogens is 1. The van der Waals surface area contributed by atoms with Crippen LogP contribution in [0.4, 0.5) is 5.69 Å². The highest BCUT2D eigenvalue weighted by atomic mass is 35.5. The van der Waals surface area contributed by atoms with E-state index < -0.39 is 0 Å². The Morgan fingerprint density at radius 3 is 2.81 bits per heavy atom. The first kappa shape index (κ1) is 10.6. The minimum absolute atomic E-state index is 0.479. The Morgan fingerprint density at radius 2 is 2.25 bits per heavy atom. The number of carbonyl (C=O) groups excluding carboxylic acids is 1. The van der Waals surface area contributed by atoms with E-state index in [1.165, 1.54) is 6.08 Å². The second kappa shape index (κ2) is 4.31. The molecule has 0 radical (unpaired) electrons. The van der Waals surface area contributed by atoms with Gasteiger partial charge in [-0.25, -0.2) is 9.48 Å². The average molecular weight is 234 g/mol. The summed E-state index contributed by atoms with van der Waals surface area (Å²) in [6.45, 7) is 1.90. The van der Waals surface area contributed by atoms with Gasteiger partial charge in [-0.2, -0.15) is 10.1 Å². The van der Waals surface area contributed by atoms with Gasteiger partial charge in [-0.3, -0.25) is 0 Å². The molecule has 0 amide bonds. The predicted octanol–water partition coefficient (Wildman–Crippen LogP) is 2.80. The molecule has 0 atom stereocenters. The van der Waals surface area contributed by atoms with Crippen LogP contribution in [-0.4, -0.2) is 15.9 Å². The number of nitrogens with zero attached hydrogens (tertiary/aromatic N) is 3. The Hall–Kier alpha value is -1.90. The number of hydrogen-bond donors (Lipinski definition) is 0. The number of aliphatic imine (C=N–C) groups is 1. The fraction of sp³-hybridized carbons (Fsp3) is 0.0909. The summed E-state index contributed by atoms with van der Waals surface area (Å²) in [5.74, 6) is 0. The summed E-state index contributed by atoms with van der Waals surface area (Å²) in [7, 11) is 0. The molecule has 0 bridgehead atoms. The Bertz CT molecular complexity index is 570.